The van der Waals surface area contributed by atoms with Gasteiger partial charge in [-0.1, -0.05) is 23.7 Å². The number of amides is 2. The topological polar surface area (TPSA) is 52.7 Å². The van der Waals surface area contributed by atoms with Crippen LogP contribution in [0.25, 0.3) is 0 Å². The molecule has 25 heavy (non-hydrogen) atoms. The number of piperazine rings is 1. The lowest BCUT2D eigenvalue weighted by atomic mass is 10.0. The molecule has 8 heteroatoms. The van der Waals surface area contributed by atoms with E-state index >= 15 is 0 Å². The first kappa shape index (κ1) is 19.6. The first-order chi connectivity index (χ1) is 11.8. The zero-order valence-electron chi connectivity index (χ0n) is 14.1. The highest BCUT2D eigenvalue weighted by Gasteiger charge is 2.25. The van der Waals surface area contributed by atoms with Crippen LogP contribution in [0.15, 0.2) is 24.3 Å². The summed E-state index contributed by atoms with van der Waals surface area (Å²) in [5, 5.41) is 3.36. The average molecular weight is 374 g/mol. The van der Waals surface area contributed by atoms with Gasteiger partial charge in [0.1, 0.15) is 0 Å². The second-order valence-electron chi connectivity index (χ2n) is 6.08. The highest BCUT2D eigenvalue weighted by Crippen LogP contribution is 2.21. The highest BCUT2D eigenvalue weighted by molar-refractivity contribution is 6.30. The summed E-state index contributed by atoms with van der Waals surface area (Å²) in [6.45, 7) is 2.83. The van der Waals surface area contributed by atoms with Crippen LogP contribution in [0.4, 0.5) is 8.78 Å². The van der Waals surface area contributed by atoms with E-state index in [9.17, 15) is 18.4 Å². The highest BCUT2D eigenvalue weighted by atomic mass is 35.5. The Morgan fingerprint density at radius 1 is 1.16 bits per heavy atom. The lowest BCUT2D eigenvalue weighted by molar-refractivity contribution is -0.134. The normalized spacial score (nSPS) is 16.8. The van der Waals surface area contributed by atoms with E-state index in [-0.39, 0.29) is 24.8 Å². The molecule has 138 valence electrons. The molecule has 1 aromatic carbocycles. The van der Waals surface area contributed by atoms with E-state index in [4.69, 9.17) is 11.6 Å². The van der Waals surface area contributed by atoms with Crippen molar-refractivity contribution in [2.45, 2.75) is 25.8 Å². The van der Waals surface area contributed by atoms with Crippen molar-refractivity contribution in [2.75, 3.05) is 32.7 Å². The maximum Gasteiger partial charge on any atom is 0.251 e. The summed E-state index contributed by atoms with van der Waals surface area (Å²) in [5.41, 5.74) is 0.796. The third-order valence-corrected chi connectivity index (χ3v) is 4.40. The first-order valence-corrected chi connectivity index (χ1v) is 8.54. The lowest BCUT2D eigenvalue weighted by Gasteiger charge is -2.35. The Bertz CT molecular complexity index is 590. The van der Waals surface area contributed by atoms with E-state index in [2.05, 4.69) is 5.32 Å². The van der Waals surface area contributed by atoms with Gasteiger partial charge in [0.25, 0.3) is 6.43 Å². The monoisotopic (exact) mass is 373 g/mol. The van der Waals surface area contributed by atoms with Crippen LogP contribution in [-0.4, -0.2) is 60.8 Å². The molecule has 0 aromatic heterocycles. The van der Waals surface area contributed by atoms with Crippen molar-refractivity contribution in [3.05, 3.63) is 34.9 Å². The zero-order valence-corrected chi connectivity index (χ0v) is 14.8. The number of halogens is 3. The molecule has 1 heterocycles. The molecule has 0 spiro atoms. The Balaban J connectivity index is 1.95. The predicted molar refractivity (Wildman–Crippen MR) is 91.7 cm³/mol. The summed E-state index contributed by atoms with van der Waals surface area (Å²) in [6, 6.07) is 6.52. The Morgan fingerprint density at radius 3 is 2.28 bits per heavy atom. The second-order valence-corrected chi connectivity index (χ2v) is 6.52. The van der Waals surface area contributed by atoms with E-state index in [0.717, 1.165) is 5.56 Å². The number of alkyl halides is 2. The van der Waals surface area contributed by atoms with E-state index in [0.29, 0.717) is 31.2 Å². The van der Waals surface area contributed by atoms with Gasteiger partial charge in [-0.25, -0.2) is 8.78 Å². The maximum absolute atomic E-state index is 12.5. The van der Waals surface area contributed by atoms with Crippen molar-refractivity contribution < 1.29 is 18.4 Å². The number of rotatable bonds is 6. The van der Waals surface area contributed by atoms with Gasteiger partial charge < -0.3 is 10.2 Å². The zero-order chi connectivity index (χ0) is 18.4. The summed E-state index contributed by atoms with van der Waals surface area (Å²) in [4.78, 5) is 27.3. The Labute approximate surface area is 150 Å². The molecular weight excluding hydrogens is 352 g/mol. The fraction of sp³-hybridized carbons (Fsp3) is 0.529. The van der Waals surface area contributed by atoms with Gasteiger partial charge in [-0.05, 0) is 17.7 Å². The van der Waals surface area contributed by atoms with Crippen molar-refractivity contribution in [3.63, 3.8) is 0 Å². The van der Waals surface area contributed by atoms with Gasteiger partial charge in [0.15, 0.2) is 0 Å². The van der Waals surface area contributed by atoms with E-state index in [1.54, 1.807) is 34.1 Å². The van der Waals surface area contributed by atoms with Crippen molar-refractivity contribution in [1.82, 2.24) is 15.1 Å². The van der Waals surface area contributed by atoms with Gasteiger partial charge in [-0.3, -0.25) is 14.5 Å². The second kappa shape index (κ2) is 9.10. The molecule has 5 nitrogen and oxygen atoms in total. The Morgan fingerprint density at radius 2 is 1.76 bits per heavy atom. The largest absolute Gasteiger partial charge is 0.349 e. The summed E-state index contributed by atoms with van der Waals surface area (Å²) in [7, 11) is 0. The molecule has 1 aliphatic rings. The van der Waals surface area contributed by atoms with Crippen molar-refractivity contribution >= 4 is 23.4 Å². The molecule has 0 aliphatic carbocycles. The molecule has 1 atom stereocenters. The van der Waals surface area contributed by atoms with Crippen LogP contribution in [-0.2, 0) is 9.59 Å². The van der Waals surface area contributed by atoms with E-state index in [1.807, 2.05) is 0 Å². The molecule has 0 saturated carbocycles. The van der Waals surface area contributed by atoms with Crippen LogP contribution in [0.1, 0.15) is 24.9 Å². The number of hydrogen-bond acceptors (Lipinski definition) is 3. The molecule has 1 aliphatic heterocycles. The van der Waals surface area contributed by atoms with Crippen LogP contribution < -0.4 is 5.32 Å². The summed E-state index contributed by atoms with van der Waals surface area (Å²) < 4.78 is 24.8. The number of benzene rings is 1. The standard InChI is InChI=1S/C17H22ClF2N3O2/c1-12(24)21-15(13-2-4-14(18)5-3-13)10-17(25)23-8-6-22(7-9-23)11-16(19)20/h2-5,15-16H,6-11H2,1H3,(H,21,24)/t15-/m1/s1. The molecule has 0 radical (unpaired) electrons. The van der Waals surface area contributed by atoms with Crippen molar-refractivity contribution in [1.29, 1.82) is 0 Å². The third kappa shape index (κ3) is 6.25. The van der Waals surface area contributed by atoms with Gasteiger partial charge in [-0.2, -0.15) is 0 Å². The number of nitrogens with zero attached hydrogens (tertiary/aromatic N) is 2. The molecule has 0 bridgehead atoms. The van der Waals surface area contributed by atoms with Crippen molar-refractivity contribution in [2.24, 2.45) is 0 Å². The Kier molecular flexibility index (Phi) is 7.13. The average Bonchev–Trinajstić information content (AvgIpc) is 2.54. The van der Waals surface area contributed by atoms with Crippen LogP contribution in [0, 0.1) is 0 Å². The molecular formula is C17H22ClF2N3O2. The fourth-order valence-electron chi connectivity index (χ4n) is 2.87. The lowest BCUT2D eigenvalue weighted by Crippen LogP contribution is -2.50. The maximum atomic E-state index is 12.5. The SMILES string of the molecule is CC(=O)N[C@H](CC(=O)N1CCN(CC(F)F)CC1)c1ccc(Cl)cc1. The van der Waals surface area contributed by atoms with E-state index < -0.39 is 12.5 Å². The van der Waals surface area contributed by atoms with Crippen LogP contribution in [0.2, 0.25) is 5.02 Å². The molecule has 1 fully saturated rings. The fourth-order valence-corrected chi connectivity index (χ4v) is 3.00. The predicted octanol–water partition coefficient (Wildman–Crippen LogP) is 2.32. The molecule has 1 N–H and O–H groups in total. The number of carbonyl (C=O) groups excluding carboxylic acids is 2. The minimum absolute atomic E-state index is 0.106. The molecule has 2 rings (SSSR count). The first-order valence-electron chi connectivity index (χ1n) is 8.16. The quantitative estimate of drug-likeness (QED) is 0.832. The van der Waals surface area contributed by atoms with Gasteiger partial charge in [0.05, 0.1) is 19.0 Å². The third-order valence-electron chi connectivity index (χ3n) is 4.15. The van der Waals surface area contributed by atoms with Gasteiger partial charge in [0, 0.05) is 38.1 Å². The van der Waals surface area contributed by atoms with Crippen molar-refractivity contribution in [3.8, 4) is 0 Å². The van der Waals surface area contributed by atoms with E-state index in [1.165, 1.54) is 6.92 Å². The number of hydrogen-bond donors (Lipinski definition) is 1. The minimum Gasteiger partial charge on any atom is -0.349 e. The summed E-state index contributed by atoms with van der Waals surface area (Å²) in [6.07, 6.45) is -2.24. The smallest absolute Gasteiger partial charge is 0.251 e. The summed E-state index contributed by atoms with van der Waals surface area (Å²) in [5.74, 6) is -0.333. The Hall–Kier alpha value is -1.73. The van der Waals surface area contributed by atoms with Gasteiger partial charge in [-0.15, -0.1) is 0 Å². The molecule has 1 saturated heterocycles. The van der Waals surface area contributed by atoms with Crippen LogP contribution >= 0.6 is 11.6 Å². The van der Waals surface area contributed by atoms with Crippen LogP contribution in [0.5, 0.6) is 0 Å². The molecule has 2 amide bonds. The minimum atomic E-state index is -2.36. The van der Waals surface area contributed by atoms with Crippen LogP contribution in [0.3, 0.4) is 0 Å². The van der Waals surface area contributed by atoms with Gasteiger partial charge in [0.2, 0.25) is 11.8 Å². The number of nitrogens with one attached hydrogen (secondary N) is 1. The molecule has 1 aromatic rings. The number of carbonyl (C=O) groups is 2. The molecule has 0 unspecified atom stereocenters. The van der Waals surface area contributed by atoms with Gasteiger partial charge >= 0.3 is 0 Å². The summed E-state index contributed by atoms with van der Waals surface area (Å²) >= 11 is 5.88.